The van der Waals surface area contributed by atoms with Gasteiger partial charge in [-0.3, -0.25) is 4.79 Å². The monoisotopic (exact) mass is 191 g/mol. The van der Waals surface area contributed by atoms with Gasteiger partial charge in [-0.1, -0.05) is 18.2 Å². The van der Waals surface area contributed by atoms with Gasteiger partial charge in [-0.2, -0.15) is 0 Å². The van der Waals surface area contributed by atoms with Gasteiger partial charge in [0.25, 0.3) is 5.91 Å². The van der Waals surface area contributed by atoms with Crippen LogP contribution in [0.25, 0.3) is 0 Å². The summed E-state index contributed by atoms with van der Waals surface area (Å²) in [4.78, 5) is 11.5. The minimum absolute atomic E-state index is 0.00231. The van der Waals surface area contributed by atoms with E-state index in [-0.39, 0.29) is 5.91 Å². The standard InChI is InChI=1S/C11H13NO2/c13-11(10-4-2-1-3-5-10)12-6-9-7-14-8-9/h1-5,9H,6-8H2,(H,12,13). The molecule has 0 bridgehead atoms. The van der Waals surface area contributed by atoms with Gasteiger partial charge in [0.1, 0.15) is 0 Å². The number of nitrogens with one attached hydrogen (secondary N) is 1. The Morgan fingerprint density at radius 3 is 2.64 bits per heavy atom. The van der Waals surface area contributed by atoms with E-state index in [0.29, 0.717) is 18.0 Å². The Balaban J connectivity index is 1.83. The molecule has 0 unspecified atom stereocenters. The van der Waals surface area contributed by atoms with E-state index in [1.54, 1.807) is 0 Å². The van der Waals surface area contributed by atoms with Crippen molar-refractivity contribution >= 4 is 5.91 Å². The molecule has 1 heterocycles. The Kier molecular flexibility index (Phi) is 2.79. The van der Waals surface area contributed by atoms with Crippen molar-refractivity contribution in [2.24, 2.45) is 5.92 Å². The lowest BCUT2D eigenvalue weighted by Crippen LogP contribution is -2.39. The number of carbonyl (C=O) groups excluding carboxylic acids is 1. The van der Waals surface area contributed by atoms with Crippen LogP contribution in [0, 0.1) is 5.92 Å². The Hall–Kier alpha value is -1.35. The lowest BCUT2D eigenvalue weighted by molar-refractivity contribution is -0.0298. The van der Waals surface area contributed by atoms with Gasteiger partial charge in [-0.05, 0) is 12.1 Å². The van der Waals surface area contributed by atoms with E-state index in [0.717, 1.165) is 13.2 Å². The zero-order valence-electron chi connectivity index (χ0n) is 7.90. The highest BCUT2D eigenvalue weighted by Crippen LogP contribution is 2.08. The fourth-order valence-electron chi connectivity index (χ4n) is 1.33. The van der Waals surface area contributed by atoms with Crippen molar-refractivity contribution in [1.29, 1.82) is 0 Å². The highest BCUT2D eigenvalue weighted by Gasteiger charge is 2.18. The number of benzene rings is 1. The van der Waals surface area contributed by atoms with Crippen molar-refractivity contribution in [2.75, 3.05) is 19.8 Å². The van der Waals surface area contributed by atoms with Gasteiger partial charge in [0.15, 0.2) is 0 Å². The third-order valence-electron chi connectivity index (χ3n) is 2.29. The van der Waals surface area contributed by atoms with Crippen LogP contribution in [-0.4, -0.2) is 25.7 Å². The summed E-state index contributed by atoms with van der Waals surface area (Å²) < 4.78 is 5.02. The first kappa shape index (κ1) is 9.21. The quantitative estimate of drug-likeness (QED) is 0.776. The van der Waals surface area contributed by atoms with Crippen molar-refractivity contribution in [2.45, 2.75) is 0 Å². The number of hydrogen-bond donors (Lipinski definition) is 1. The van der Waals surface area contributed by atoms with E-state index in [1.165, 1.54) is 0 Å². The van der Waals surface area contributed by atoms with Gasteiger partial charge >= 0.3 is 0 Å². The Labute approximate surface area is 83.1 Å². The summed E-state index contributed by atoms with van der Waals surface area (Å²) in [7, 11) is 0. The number of carbonyl (C=O) groups is 1. The van der Waals surface area contributed by atoms with Crippen molar-refractivity contribution in [3.05, 3.63) is 35.9 Å². The lowest BCUT2D eigenvalue weighted by Gasteiger charge is -2.25. The molecular formula is C11H13NO2. The van der Waals surface area contributed by atoms with Crippen LogP contribution in [0.2, 0.25) is 0 Å². The van der Waals surface area contributed by atoms with Gasteiger partial charge in [0.2, 0.25) is 0 Å². The molecule has 74 valence electrons. The predicted molar refractivity (Wildman–Crippen MR) is 53.1 cm³/mol. The topological polar surface area (TPSA) is 38.3 Å². The van der Waals surface area contributed by atoms with Crippen LogP contribution in [0.1, 0.15) is 10.4 Å². The Bertz CT molecular complexity index is 306. The molecular weight excluding hydrogens is 178 g/mol. The number of amides is 1. The van der Waals surface area contributed by atoms with Crippen LogP contribution >= 0.6 is 0 Å². The molecule has 1 fully saturated rings. The van der Waals surface area contributed by atoms with E-state index in [9.17, 15) is 4.79 Å². The van der Waals surface area contributed by atoms with Crippen molar-refractivity contribution in [3.8, 4) is 0 Å². The van der Waals surface area contributed by atoms with Crippen molar-refractivity contribution < 1.29 is 9.53 Å². The largest absolute Gasteiger partial charge is 0.381 e. The average Bonchev–Trinajstić information content (AvgIpc) is 2.16. The maximum atomic E-state index is 11.5. The summed E-state index contributed by atoms with van der Waals surface area (Å²) in [5.74, 6) is 0.500. The normalized spacial score (nSPS) is 16.0. The summed E-state index contributed by atoms with van der Waals surface area (Å²) in [6, 6.07) is 9.25. The first-order chi connectivity index (χ1) is 6.86. The second-order valence-corrected chi connectivity index (χ2v) is 3.48. The molecule has 0 radical (unpaired) electrons. The molecule has 2 rings (SSSR count). The molecule has 1 N–H and O–H groups in total. The van der Waals surface area contributed by atoms with Crippen molar-refractivity contribution in [1.82, 2.24) is 5.32 Å². The molecule has 1 saturated heterocycles. The molecule has 0 aliphatic carbocycles. The first-order valence-electron chi connectivity index (χ1n) is 4.77. The molecule has 1 aromatic rings. The summed E-state index contributed by atoms with van der Waals surface area (Å²) in [6.45, 7) is 2.26. The van der Waals surface area contributed by atoms with E-state index >= 15 is 0 Å². The minimum atomic E-state index is -0.00231. The molecule has 0 aromatic heterocycles. The highest BCUT2D eigenvalue weighted by atomic mass is 16.5. The van der Waals surface area contributed by atoms with Gasteiger partial charge < -0.3 is 10.1 Å². The third-order valence-corrected chi connectivity index (χ3v) is 2.29. The van der Waals surface area contributed by atoms with Crippen LogP contribution in [0.4, 0.5) is 0 Å². The second-order valence-electron chi connectivity index (χ2n) is 3.48. The molecule has 1 aliphatic heterocycles. The van der Waals surface area contributed by atoms with E-state index in [4.69, 9.17) is 4.74 Å². The summed E-state index contributed by atoms with van der Waals surface area (Å²) in [5, 5.41) is 2.88. The number of ether oxygens (including phenoxy) is 1. The number of rotatable bonds is 3. The molecule has 1 amide bonds. The van der Waals surface area contributed by atoms with Gasteiger partial charge in [0, 0.05) is 18.0 Å². The van der Waals surface area contributed by atoms with Crippen LogP contribution in [0.3, 0.4) is 0 Å². The van der Waals surface area contributed by atoms with Crippen LogP contribution < -0.4 is 5.32 Å². The molecule has 0 spiro atoms. The molecule has 14 heavy (non-hydrogen) atoms. The number of hydrogen-bond acceptors (Lipinski definition) is 2. The molecule has 0 atom stereocenters. The third kappa shape index (κ3) is 2.12. The molecule has 0 saturated carbocycles. The summed E-state index contributed by atoms with van der Waals surface area (Å²) >= 11 is 0. The van der Waals surface area contributed by atoms with E-state index in [2.05, 4.69) is 5.32 Å². The van der Waals surface area contributed by atoms with Crippen LogP contribution in [0.15, 0.2) is 30.3 Å². The van der Waals surface area contributed by atoms with Crippen LogP contribution in [-0.2, 0) is 4.74 Å². The zero-order valence-corrected chi connectivity index (χ0v) is 7.90. The Morgan fingerprint density at radius 2 is 2.07 bits per heavy atom. The highest BCUT2D eigenvalue weighted by molar-refractivity contribution is 5.94. The fourth-order valence-corrected chi connectivity index (χ4v) is 1.33. The van der Waals surface area contributed by atoms with Gasteiger partial charge in [0.05, 0.1) is 13.2 Å². The smallest absolute Gasteiger partial charge is 0.251 e. The fraction of sp³-hybridized carbons (Fsp3) is 0.364. The predicted octanol–water partition coefficient (Wildman–Crippen LogP) is 1.06. The van der Waals surface area contributed by atoms with Crippen molar-refractivity contribution in [3.63, 3.8) is 0 Å². The molecule has 3 heteroatoms. The maximum absolute atomic E-state index is 11.5. The minimum Gasteiger partial charge on any atom is -0.381 e. The summed E-state index contributed by atoms with van der Waals surface area (Å²) in [5.41, 5.74) is 0.716. The SMILES string of the molecule is O=C(NCC1COC1)c1ccccc1. The molecule has 1 aliphatic rings. The second kappa shape index (κ2) is 4.24. The van der Waals surface area contributed by atoms with E-state index in [1.807, 2.05) is 30.3 Å². The van der Waals surface area contributed by atoms with Crippen LogP contribution in [0.5, 0.6) is 0 Å². The first-order valence-corrected chi connectivity index (χ1v) is 4.77. The summed E-state index contributed by atoms with van der Waals surface area (Å²) in [6.07, 6.45) is 0. The average molecular weight is 191 g/mol. The lowest BCUT2D eigenvalue weighted by atomic mass is 10.1. The van der Waals surface area contributed by atoms with Gasteiger partial charge in [-0.15, -0.1) is 0 Å². The molecule has 1 aromatic carbocycles. The maximum Gasteiger partial charge on any atom is 0.251 e. The molecule has 3 nitrogen and oxygen atoms in total. The Morgan fingerprint density at radius 1 is 1.36 bits per heavy atom. The zero-order chi connectivity index (χ0) is 9.80. The van der Waals surface area contributed by atoms with Gasteiger partial charge in [-0.25, -0.2) is 0 Å². The van der Waals surface area contributed by atoms with E-state index < -0.39 is 0 Å².